The average molecular weight is 329 g/mol. The molecule has 0 unspecified atom stereocenters. The predicted molar refractivity (Wildman–Crippen MR) is 71.7 cm³/mol. The third-order valence-electron chi connectivity index (χ3n) is 3.03. The fraction of sp³-hybridized carbons (Fsp3) is 0.385. The summed E-state index contributed by atoms with van der Waals surface area (Å²) < 4.78 is 13.9. The zero-order chi connectivity index (χ0) is 14.2. The number of benzene rings is 1. The third kappa shape index (κ3) is 3.01. The van der Waals surface area contributed by atoms with Crippen LogP contribution in [0.2, 0.25) is 0 Å². The SMILES string of the molecule is CC1(C)NCC(=O)N(Cc2cc(F)cc(Br)c2)C1=O. The van der Waals surface area contributed by atoms with Gasteiger partial charge < -0.3 is 0 Å². The second-order valence-corrected chi connectivity index (χ2v) is 5.96. The minimum absolute atomic E-state index is 0.0825. The molecule has 1 heterocycles. The Labute approximate surface area is 119 Å². The molecule has 0 saturated carbocycles. The maximum Gasteiger partial charge on any atom is 0.249 e. The lowest BCUT2D eigenvalue weighted by Gasteiger charge is -2.36. The summed E-state index contributed by atoms with van der Waals surface area (Å²) in [6.07, 6.45) is 0. The summed E-state index contributed by atoms with van der Waals surface area (Å²) in [6.45, 7) is 3.63. The van der Waals surface area contributed by atoms with E-state index in [4.69, 9.17) is 0 Å². The number of hydrogen-bond acceptors (Lipinski definition) is 3. The molecule has 0 aliphatic carbocycles. The molecule has 1 aliphatic rings. The Kier molecular flexibility index (Phi) is 3.73. The summed E-state index contributed by atoms with van der Waals surface area (Å²) in [6, 6.07) is 4.34. The van der Waals surface area contributed by atoms with Crippen LogP contribution in [0.5, 0.6) is 0 Å². The van der Waals surface area contributed by atoms with E-state index in [1.165, 1.54) is 12.1 Å². The molecule has 1 fully saturated rings. The molecule has 4 nitrogen and oxygen atoms in total. The van der Waals surface area contributed by atoms with Gasteiger partial charge in [0, 0.05) is 4.47 Å². The highest BCUT2D eigenvalue weighted by Gasteiger charge is 2.39. The Hall–Kier alpha value is -1.27. The van der Waals surface area contributed by atoms with Gasteiger partial charge in [0.05, 0.1) is 18.6 Å². The summed E-state index contributed by atoms with van der Waals surface area (Å²) in [4.78, 5) is 25.1. The van der Waals surface area contributed by atoms with E-state index >= 15 is 0 Å². The van der Waals surface area contributed by atoms with E-state index in [0.29, 0.717) is 10.0 Å². The van der Waals surface area contributed by atoms with Crippen LogP contribution >= 0.6 is 15.9 Å². The van der Waals surface area contributed by atoms with Crippen LogP contribution in [0.15, 0.2) is 22.7 Å². The molecule has 0 bridgehead atoms. The summed E-state index contributed by atoms with van der Waals surface area (Å²) in [5.41, 5.74) is -0.204. The van der Waals surface area contributed by atoms with Crippen LogP contribution in [0.1, 0.15) is 19.4 Å². The van der Waals surface area contributed by atoms with E-state index in [2.05, 4.69) is 21.2 Å². The molecular formula is C13H14BrFN2O2. The van der Waals surface area contributed by atoms with Crippen molar-refractivity contribution in [1.29, 1.82) is 0 Å². The lowest BCUT2D eigenvalue weighted by Crippen LogP contribution is -2.63. The maximum atomic E-state index is 13.3. The van der Waals surface area contributed by atoms with Crippen molar-refractivity contribution >= 4 is 27.7 Å². The number of carbonyl (C=O) groups is 2. The molecule has 19 heavy (non-hydrogen) atoms. The van der Waals surface area contributed by atoms with Gasteiger partial charge in [-0.2, -0.15) is 0 Å². The van der Waals surface area contributed by atoms with E-state index < -0.39 is 11.4 Å². The molecule has 0 spiro atoms. The van der Waals surface area contributed by atoms with Crippen LogP contribution in [0, 0.1) is 5.82 Å². The van der Waals surface area contributed by atoms with Crippen molar-refractivity contribution in [3.05, 3.63) is 34.1 Å². The number of piperazine rings is 1. The minimum Gasteiger partial charge on any atom is -0.295 e. The Balaban J connectivity index is 2.25. The Bertz CT molecular complexity index is 525. The Morgan fingerprint density at radius 3 is 2.68 bits per heavy atom. The zero-order valence-electron chi connectivity index (χ0n) is 10.7. The number of halogens is 2. The highest BCUT2D eigenvalue weighted by atomic mass is 79.9. The van der Waals surface area contributed by atoms with Crippen molar-refractivity contribution in [3.8, 4) is 0 Å². The molecule has 1 aromatic rings. The van der Waals surface area contributed by atoms with Gasteiger partial charge in [-0.1, -0.05) is 15.9 Å². The fourth-order valence-electron chi connectivity index (χ4n) is 1.96. The van der Waals surface area contributed by atoms with Crippen molar-refractivity contribution < 1.29 is 14.0 Å². The molecule has 1 saturated heterocycles. The molecular weight excluding hydrogens is 315 g/mol. The van der Waals surface area contributed by atoms with Gasteiger partial charge in [-0.3, -0.25) is 19.8 Å². The molecule has 2 amide bonds. The summed E-state index contributed by atoms with van der Waals surface area (Å²) >= 11 is 3.19. The van der Waals surface area contributed by atoms with Crippen molar-refractivity contribution in [2.75, 3.05) is 6.54 Å². The van der Waals surface area contributed by atoms with Gasteiger partial charge in [-0.25, -0.2) is 4.39 Å². The molecule has 6 heteroatoms. The van der Waals surface area contributed by atoms with Gasteiger partial charge in [-0.05, 0) is 37.6 Å². The summed E-state index contributed by atoms with van der Waals surface area (Å²) in [5, 5.41) is 2.87. The lowest BCUT2D eigenvalue weighted by molar-refractivity contribution is -0.153. The molecule has 102 valence electrons. The van der Waals surface area contributed by atoms with Crippen LogP contribution in [0.25, 0.3) is 0 Å². The fourth-order valence-corrected chi connectivity index (χ4v) is 2.48. The largest absolute Gasteiger partial charge is 0.295 e. The average Bonchev–Trinajstić information content (AvgIpc) is 2.29. The van der Waals surface area contributed by atoms with Crippen molar-refractivity contribution in [1.82, 2.24) is 10.2 Å². The molecule has 1 aromatic carbocycles. The zero-order valence-corrected chi connectivity index (χ0v) is 12.3. The van der Waals surface area contributed by atoms with Gasteiger partial charge >= 0.3 is 0 Å². The number of imide groups is 1. The first kappa shape index (κ1) is 14.1. The van der Waals surface area contributed by atoms with Gasteiger partial charge in [0.1, 0.15) is 5.82 Å². The van der Waals surface area contributed by atoms with Crippen LogP contribution in [-0.4, -0.2) is 28.8 Å². The topological polar surface area (TPSA) is 49.4 Å². The number of amides is 2. The number of nitrogens with one attached hydrogen (secondary N) is 1. The van der Waals surface area contributed by atoms with Crippen LogP contribution in [0.3, 0.4) is 0 Å². The van der Waals surface area contributed by atoms with E-state index in [0.717, 1.165) is 4.90 Å². The molecule has 2 rings (SSSR count). The summed E-state index contributed by atoms with van der Waals surface area (Å²) in [5.74, 6) is -1.01. The van der Waals surface area contributed by atoms with E-state index in [1.807, 2.05) is 0 Å². The van der Waals surface area contributed by atoms with E-state index in [1.54, 1.807) is 19.9 Å². The normalized spacial score (nSPS) is 18.8. The molecule has 1 aliphatic heterocycles. The van der Waals surface area contributed by atoms with Crippen LogP contribution < -0.4 is 5.32 Å². The summed E-state index contributed by atoms with van der Waals surface area (Å²) in [7, 11) is 0. The first-order valence-corrected chi connectivity index (χ1v) is 6.64. The molecule has 0 aromatic heterocycles. The number of rotatable bonds is 2. The minimum atomic E-state index is -0.779. The second-order valence-electron chi connectivity index (χ2n) is 5.04. The number of nitrogens with zero attached hydrogens (tertiary/aromatic N) is 1. The van der Waals surface area contributed by atoms with E-state index in [-0.39, 0.29) is 24.9 Å². The van der Waals surface area contributed by atoms with Gasteiger partial charge in [0.15, 0.2) is 0 Å². The third-order valence-corrected chi connectivity index (χ3v) is 3.48. The molecule has 1 N–H and O–H groups in total. The maximum absolute atomic E-state index is 13.3. The standard InChI is InChI=1S/C13H14BrFN2O2/c1-13(2)12(19)17(11(18)6-16-13)7-8-3-9(14)5-10(15)4-8/h3-5,16H,6-7H2,1-2H3. The first-order valence-electron chi connectivity index (χ1n) is 5.84. The van der Waals surface area contributed by atoms with Gasteiger partial charge in [-0.15, -0.1) is 0 Å². The van der Waals surface area contributed by atoms with Gasteiger partial charge in [0.2, 0.25) is 11.8 Å². The smallest absolute Gasteiger partial charge is 0.249 e. The lowest BCUT2D eigenvalue weighted by atomic mass is 10.00. The predicted octanol–water partition coefficient (Wildman–Crippen LogP) is 1.83. The quantitative estimate of drug-likeness (QED) is 0.842. The Morgan fingerprint density at radius 1 is 1.37 bits per heavy atom. The van der Waals surface area contributed by atoms with Crippen molar-refractivity contribution in [3.63, 3.8) is 0 Å². The Morgan fingerprint density at radius 2 is 2.05 bits per heavy atom. The number of carbonyl (C=O) groups excluding carboxylic acids is 2. The van der Waals surface area contributed by atoms with Crippen LogP contribution in [-0.2, 0) is 16.1 Å². The second kappa shape index (κ2) is 5.02. The first-order chi connectivity index (χ1) is 8.79. The van der Waals surface area contributed by atoms with Crippen molar-refractivity contribution in [2.24, 2.45) is 0 Å². The highest BCUT2D eigenvalue weighted by Crippen LogP contribution is 2.20. The number of hydrogen-bond donors (Lipinski definition) is 1. The van der Waals surface area contributed by atoms with E-state index in [9.17, 15) is 14.0 Å². The van der Waals surface area contributed by atoms with Crippen LogP contribution in [0.4, 0.5) is 4.39 Å². The highest BCUT2D eigenvalue weighted by molar-refractivity contribution is 9.10. The molecule has 0 radical (unpaired) electrons. The monoisotopic (exact) mass is 328 g/mol. The van der Waals surface area contributed by atoms with Gasteiger partial charge in [0.25, 0.3) is 0 Å². The molecule has 0 atom stereocenters. The van der Waals surface area contributed by atoms with Crippen molar-refractivity contribution in [2.45, 2.75) is 25.9 Å².